The average molecular weight is 293 g/mol. The number of rotatable bonds is 5. The molecular formula is C16H14ClFO2. The van der Waals surface area contributed by atoms with Gasteiger partial charge in [-0.15, -0.1) is 0 Å². The molecule has 2 aromatic carbocycles. The van der Waals surface area contributed by atoms with Crippen LogP contribution in [0.15, 0.2) is 42.5 Å². The first-order valence-corrected chi connectivity index (χ1v) is 6.57. The number of ether oxygens (including phenoxy) is 1. The number of benzene rings is 2. The van der Waals surface area contributed by atoms with Gasteiger partial charge in [-0.3, -0.25) is 4.79 Å². The molecule has 0 saturated heterocycles. The lowest BCUT2D eigenvalue weighted by molar-refractivity contribution is -0.120. The molecule has 0 radical (unpaired) electrons. The third-order valence-electron chi connectivity index (χ3n) is 2.79. The van der Waals surface area contributed by atoms with Gasteiger partial charge in [0.15, 0.2) is 5.78 Å². The Bertz CT molecular complexity index is 608. The summed E-state index contributed by atoms with van der Waals surface area (Å²) in [5, 5.41) is 0.477. The highest BCUT2D eigenvalue weighted by atomic mass is 35.5. The van der Waals surface area contributed by atoms with Crippen LogP contribution in [-0.4, -0.2) is 12.4 Å². The minimum absolute atomic E-state index is 0.0550. The van der Waals surface area contributed by atoms with E-state index in [0.29, 0.717) is 10.8 Å². The van der Waals surface area contributed by atoms with Crippen molar-refractivity contribution in [2.24, 2.45) is 0 Å². The van der Waals surface area contributed by atoms with E-state index in [9.17, 15) is 9.18 Å². The van der Waals surface area contributed by atoms with Crippen LogP contribution in [0.3, 0.4) is 0 Å². The number of hydrogen-bond acceptors (Lipinski definition) is 2. The van der Waals surface area contributed by atoms with Crippen molar-refractivity contribution in [3.8, 4) is 5.75 Å². The van der Waals surface area contributed by atoms with Crippen LogP contribution in [0.4, 0.5) is 4.39 Å². The van der Waals surface area contributed by atoms with E-state index in [1.54, 1.807) is 24.3 Å². The summed E-state index contributed by atoms with van der Waals surface area (Å²) in [6.07, 6.45) is 0.212. The molecule has 0 heterocycles. The maximum absolute atomic E-state index is 12.8. The van der Waals surface area contributed by atoms with E-state index in [1.165, 1.54) is 12.1 Å². The van der Waals surface area contributed by atoms with Gasteiger partial charge in [0.25, 0.3) is 0 Å². The van der Waals surface area contributed by atoms with E-state index < -0.39 is 0 Å². The molecule has 0 spiro atoms. The number of ketones is 1. The molecule has 0 unspecified atom stereocenters. The zero-order valence-electron chi connectivity index (χ0n) is 11.0. The minimum Gasteiger partial charge on any atom is -0.484 e. The number of hydrogen-bond donors (Lipinski definition) is 0. The molecule has 2 rings (SSSR count). The quantitative estimate of drug-likeness (QED) is 0.833. The molecule has 0 saturated carbocycles. The number of carbonyl (C=O) groups excluding carboxylic acids is 1. The van der Waals surface area contributed by atoms with E-state index in [2.05, 4.69) is 0 Å². The summed E-state index contributed by atoms with van der Waals surface area (Å²) < 4.78 is 18.2. The van der Waals surface area contributed by atoms with Crippen molar-refractivity contribution in [3.63, 3.8) is 0 Å². The summed E-state index contributed by atoms with van der Waals surface area (Å²) in [6.45, 7) is 1.87. The van der Waals surface area contributed by atoms with Gasteiger partial charge in [0.2, 0.25) is 0 Å². The van der Waals surface area contributed by atoms with Gasteiger partial charge in [0.1, 0.15) is 18.2 Å². The van der Waals surface area contributed by atoms with Crippen molar-refractivity contribution in [3.05, 3.63) is 64.4 Å². The first-order valence-electron chi connectivity index (χ1n) is 6.19. The molecular weight excluding hydrogens is 279 g/mol. The maximum Gasteiger partial charge on any atom is 0.174 e. The smallest absolute Gasteiger partial charge is 0.174 e. The van der Waals surface area contributed by atoms with Crippen LogP contribution in [0.5, 0.6) is 5.75 Å². The summed E-state index contributed by atoms with van der Waals surface area (Å²) in [5.74, 6) is 0.0947. The van der Waals surface area contributed by atoms with E-state index >= 15 is 0 Å². The van der Waals surface area contributed by atoms with Gasteiger partial charge in [0.05, 0.1) is 5.02 Å². The molecule has 4 heteroatoms. The van der Waals surface area contributed by atoms with E-state index in [1.807, 2.05) is 13.0 Å². The monoisotopic (exact) mass is 292 g/mol. The molecule has 104 valence electrons. The molecule has 0 N–H and O–H groups in total. The molecule has 2 nitrogen and oxygen atoms in total. The maximum atomic E-state index is 12.8. The van der Waals surface area contributed by atoms with Crippen LogP contribution >= 0.6 is 11.6 Å². The Balaban J connectivity index is 1.92. The van der Waals surface area contributed by atoms with Crippen molar-refractivity contribution < 1.29 is 13.9 Å². The summed E-state index contributed by atoms with van der Waals surface area (Å²) >= 11 is 5.98. The first kappa shape index (κ1) is 14.5. The van der Waals surface area contributed by atoms with Gasteiger partial charge in [-0.1, -0.05) is 29.8 Å². The molecule has 20 heavy (non-hydrogen) atoms. The molecule has 0 bridgehead atoms. The van der Waals surface area contributed by atoms with Gasteiger partial charge in [-0.2, -0.15) is 0 Å². The average Bonchev–Trinajstić information content (AvgIpc) is 2.42. The SMILES string of the molecule is Cc1ccc(Cl)c(OCC(=O)Cc2ccc(F)cc2)c1. The molecule has 0 amide bonds. The van der Waals surface area contributed by atoms with Crippen LogP contribution in [0.25, 0.3) is 0 Å². The fourth-order valence-corrected chi connectivity index (χ4v) is 1.93. The lowest BCUT2D eigenvalue weighted by Crippen LogP contribution is -2.14. The Morgan fingerprint density at radius 1 is 1.20 bits per heavy atom. The first-order chi connectivity index (χ1) is 9.54. The number of Topliss-reactive ketones (excluding diaryl/α,β-unsaturated/α-hetero) is 1. The van der Waals surface area contributed by atoms with Crippen LogP contribution in [0.2, 0.25) is 5.02 Å². The van der Waals surface area contributed by atoms with Gasteiger partial charge in [-0.25, -0.2) is 4.39 Å². The highest BCUT2D eigenvalue weighted by molar-refractivity contribution is 6.32. The van der Waals surface area contributed by atoms with Gasteiger partial charge < -0.3 is 4.74 Å². The normalized spacial score (nSPS) is 10.3. The van der Waals surface area contributed by atoms with Crippen molar-refractivity contribution in [2.75, 3.05) is 6.61 Å². The Labute approximate surface area is 122 Å². The van der Waals surface area contributed by atoms with Crippen molar-refractivity contribution in [2.45, 2.75) is 13.3 Å². The van der Waals surface area contributed by atoms with E-state index in [4.69, 9.17) is 16.3 Å². The van der Waals surface area contributed by atoms with Gasteiger partial charge in [0, 0.05) is 6.42 Å². The summed E-state index contributed by atoms with van der Waals surface area (Å²) in [6, 6.07) is 11.2. The van der Waals surface area contributed by atoms with Crippen LogP contribution in [0.1, 0.15) is 11.1 Å². The second-order valence-electron chi connectivity index (χ2n) is 4.56. The summed E-state index contributed by atoms with van der Waals surface area (Å²) in [5.41, 5.74) is 1.77. The standard InChI is InChI=1S/C16H14ClFO2/c1-11-2-7-15(17)16(8-11)20-10-14(19)9-12-3-5-13(18)6-4-12/h2-8H,9-10H2,1H3. The van der Waals surface area contributed by atoms with Crippen molar-refractivity contribution >= 4 is 17.4 Å². The van der Waals surface area contributed by atoms with Gasteiger partial charge >= 0.3 is 0 Å². The Kier molecular flexibility index (Phi) is 4.74. The highest BCUT2D eigenvalue weighted by Crippen LogP contribution is 2.25. The molecule has 0 aliphatic rings. The largest absolute Gasteiger partial charge is 0.484 e. The van der Waals surface area contributed by atoms with Crippen molar-refractivity contribution in [1.29, 1.82) is 0 Å². The Morgan fingerprint density at radius 2 is 1.90 bits per heavy atom. The number of aryl methyl sites for hydroxylation is 1. The molecule has 0 fully saturated rings. The molecule has 0 aliphatic heterocycles. The van der Waals surface area contributed by atoms with Crippen LogP contribution in [0, 0.1) is 12.7 Å². The third-order valence-corrected chi connectivity index (χ3v) is 3.10. The van der Waals surface area contributed by atoms with Gasteiger partial charge in [-0.05, 0) is 42.3 Å². The minimum atomic E-state index is -0.316. The number of carbonyl (C=O) groups is 1. The second-order valence-corrected chi connectivity index (χ2v) is 4.97. The van der Waals surface area contributed by atoms with E-state index in [-0.39, 0.29) is 24.6 Å². The topological polar surface area (TPSA) is 26.3 Å². The third kappa shape index (κ3) is 4.07. The van der Waals surface area contributed by atoms with Crippen LogP contribution in [-0.2, 0) is 11.2 Å². The fourth-order valence-electron chi connectivity index (χ4n) is 1.76. The van der Waals surface area contributed by atoms with Crippen LogP contribution < -0.4 is 4.74 Å². The lowest BCUT2D eigenvalue weighted by atomic mass is 10.1. The predicted molar refractivity (Wildman–Crippen MR) is 76.8 cm³/mol. The molecule has 2 aromatic rings. The highest BCUT2D eigenvalue weighted by Gasteiger charge is 2.07. The number of halogens is 2. The molecule has 0 aromatic heterocycles. The lowest BCUT2D eigenvalue weighted by Gasteiger charge is -2.08. The zero-order valence-corrected chi connectivity index (χ0v) is 11.8. The Morgan fingerprint density at radius 3 is 2.60 bits per heavy atom. The van der Waals surface area contributed by atoms with Crippen molar-refractivity contribution in [1.82, 2.24) is 0 Å². The Hall–Kier alpha value is -1.87. The van der Waals surface area contributed by atoms with E-state index in [0.717, 1.165) is 11.1 Å². The summed E-state index contributed by atoms with van der Waals surface area (Å²) in [4.78, 5) is 11.8. The zero-order chi connectivity index (χ0) is 14.5. The summed E-state index contributed by atoms with van der Waals surface area (Å²) in [7, 11) is 0. The predicted octanol–water partition coefficient (Wildman–Crippen LogP) is 3.98. The fraction of sp³-hybridized carbons (Fsp3) is 0.188. The molecule has 0 atom stereocenters. The molecule has 0 aliphatic carbocycles. The second kappa shape index (κ2) is 6.53.